The third-order valence-electron chi connectivity index (χ3n) is 2.29. The Balaban J connectivity index is 2.50. The second-order valence-electron chi connectivity index (χ2n) is 4.38. The molecule has 2 amide bonds. The molecule has 6 heteroatoms. The van der Waals surface area contributed by atoms with Crippen LogP contribution in [0.3, 0.4) is 0 Å². The fraction of sp³-hybridized carbons (Fsp3) is 0.385. The topological polar surface area (TPSA) is 58.2 Å². The lowest BCUT2D eigenvalue weighted by atomic mass is 10.1. The number of amides is 2. The van der Waals surface area contributed by atoms with Gasteiger partial charge in [-0.1, -0.05) is 29.3 Å². The number of halogens is 2. The molecule has 19 heavy (non-hydrogen) atoms. The highest BCUT2D eigenvalue weighted by atomic mass is 35.5. The van der Waals surface area contributed by atoms with Gasteiger partial charge in [-0.3, -0.25) is 9.59 Å². The molecule has 1 aromatic carbocycles. The first-order chi connectivity index (χ1) is 8.90. The summed E-state index contributed by atoms with van der Waals surface area (Å²) in [6.45, 7) is 3.64. The highest BCUT2D eigenvalue weighted by Crippen LogP contribution is 2.24. The zero-order chi connectivity index (χ0) is 14.4. The first-order valence-corrected chi connectivity index (χ1v) is 6.64. The summed E-state index contributed by atoms with van der Waals surface area (Å²) in [7, 11) is 0. The van der Waals surface area contributed by atoms with Crippen LogP contribution in [-0.2, 0) is 16.0 Å². The van der Waals surface area contributed by atoms with Crippen molar-refractivity contribution in [1.82, 2.24) is 10.6 Å². The molecule has 0 aliphatic carbocycles. The highest BCUT2D eigenvalue weighted by Gasteiger charge is 2.12. The Labute approximate surface area is 122 Å². The maximum absolute atomic E-state index is 11.7. The molecule has 0 aromatic heterocycles. The van der Waals surface area contributed by atoms with Crippen LogP contribution in [0.5, 0.6) is 0 Å². The van der Waals surface area contributed by atoms with Crippen LogP contribution >= 0.6 is 23.2 Å². The van der Waals surface area contributed by atoms with Crippen molar-refractivity contribution in [2.45, 2.75) is 26.3 Å². The van der Waals surface area contributed by atoms with E-state index in [4.69, 9.17) is 23.2 Å². The van der Waals surface area contributed by atoms with Crippen LogP contribution in [0.2, 0.25) is 10.0 Å². The molecular weight excluding hydrogens is 287 g/mol. The molecule has 1 rings (SSSR count). The van der Waals surface area contributed by atoms with E-state index in [-0.39, 0.29) is 30.8 Å². The van der Waals surface area contributed by atoms with E-state index in [1.165, 1.54) is 0 Å². The number of rotatable bonds is 5. The molecule has 104 valence electrons. The molecule has 0 spiro atoms. The molecule has 0 heterocycles. The van der Waals surface area contributed by atoms with Crippen LogP contribution in [-0.4, -0.2) is 24.4 Å². The van der Waals surface area contributed by atoms with Gasteiger partial charge in [-0.05, 0) is 31.5 Å². The Morgan fingerprint density at radius 1 is 1.16 bits per heavy atom. The van der Waals surface area contributed by atoms with Gasteiger partial charge < -0.3 is 10.6 Å². The Morgan fingerprint density at radius 2 is 1.74 bits per heavy atom. The molecule has 2 N–H and O–H groups in total. The van der Waals surface area contributed by atoms with E-state index in [1.54, 1.807) is 18.2 Å². The van der Waals surface area contributed by atoms with Crippen molar-refractivity contribution in [3.63, 3.8) is 0 Å². The zero-order valence-electron chi connectivity index (χ0n) is 10.8. The zero-order valence-corrected chi connectivity index (χ0v) is 12.3. The predicted octanol–water partition coefficient (Wildman–Crippen LogP) is 2.18. The predicted molar refractivity (Wildman–Crippen MR) is 76.5 cm³/mol. The van der Waals surface area contributed by atoms with Crippen LogP contribution in [0.4, 0.5) is 0 Å². The maximum atomic E-state index is 11.7. The van der Waals surface area contributed by atoms with Crippen LogP contribution in [0.25, 0.3) is 0 Å². The fourth-order valence-electron chi connectivity index (χ4n) is 1.48. The van der Waals surface area contributed by atoms with Crippen molar-refractivity contribution < 1.29 is 9.59 Å². The number of carbonyl (C=O) groups is 2. The average Bonchev–Trinajstić information content (AvgIpc) is 2.30. The van der Waals surface area contributed by atoms with Gasteiger partial charge in [0.1, 0.15) is 0 Å². The second kappa shape index (κ2) is 7.36. The molecule has 0 radical (unpaired) electrons. The van der Waals surface area contributed by atoms with E-state index in [2.05, 4.69) is 10.6 Å². The molecule has 4 nitrogen and oxygen atoms in total. The van der Waals surface area contributed by atoms with Gasteiger partial charge in [0.2, 0.25) is 11.8 Å². The number of benzene rings is 1. The van der Waals surface area contributed by atoms with Gasteiger partial charge in [-0.2, -0.15) is 0 Å². The largest absolute Gasteiger partial charge is 0.352 e. The Bertz CT molecular complexity index is 455. The average molecular weight is 303 g/mol. The van der Waals surface area contributed by atoms with Crippen LogP contribution in [0.15, 0.2) is 18.2 Å². The molecule has 0 fully saturated rings. The van der Waals surface area contributed by atoms with E-state index < -0.39 is 0 Å². The second-order valence-corrected chi connectivity index (χ2v) is 5.19. The lowest BCUT2D eigenvalue weighted by Crippen LogP contribution is -2.40. The van der Waals surface area contributed by atoms with E-state index in [0.717, 1.165) is 0 Å². The first-order valence-electron chi connectivity index (χ1n) is 5.89. The van der Waals surface area contributed by atoms with Gasteiger partial charge in [0.05, 0.1) is 13.0 Å². The normalized spacial score (nSPS) is 10.4. The maximum Gasteiger partial charge on any atom is 0.239 e. The summed E-state index contributed by atoms with van der Waals surface area (Å²) in [5, 5.41) is 6.08. The van der Waals surface area contributed by atoms with Gasteiger partial charge in [0.15, 0.2) is 0 Å². The lowest BCUT2D eigenvalue weighted by molar-refractivity contribution is -0.126. The minimum atomic E-state index is -0.297. The lowest BCUT2D eigenvalue weighted by Gasteiger charge is -2.10. The number of nitrogens with one attached hydrogen (secondary N) is 2. The SMILES string of the molecule is CC(C)NC(=O)CNC(=O)Cc1c(Cl)cccc1Cl. The minimum absolute atomic E-state index is 0.0439. The van der Waals surface area contributed by atoms with E-state index in [0.29, 0.717) is 15.6 Å². The number of hydrogen-bond acceptors (Lipinski definition) is 2. The quantitative estimate of drug-likeness (QED) is 0.876. The first kappa shape index (κ1) is 15.8. The molecule has 1 aromatic rings. The van der Waals surface area contributed by atoms with Crippen LogP contribution in [0.1, 0.15) is 19.4 Å². The monoisotopic (exact) mass is 302 g/mol. The van der Waals surface area contributed by atoms with Gasteiger partial charge >= 0.3 is 0 Å². The van der Waals surface area contributed by atoms with E-state index >= 15 is 0 Å². The molecule has 0 bridgehead atoms. The Kier molecular flexibility index (Phi) is 6.12. The van der Waals surface area contributed by atoms with E-state index in [1.807, 2.05) is 13.8 Å². The fourth-order valence-corrected chi connectivity index (χ4v) is 2.01. The van der Waals surface area contributed by atoms with Crippen molar-refractivity contribution in [3.8, 4) is 0 Å². The van der Waals surface area contributed by atoms with Gasteiger partial charge in [-0.25, -0.2) is 0 Å². The molecule has 0 unspecified atom stereocenters. The van der Waals surface area contributed by atoms with E-state index in [9.17, 15) is 9.59 Å². The molecule has 0 aliphatic rings. The Morgan fingerprint density at radius 3 is 2.26 bits per heavy atom. The smallest absolute Gasteiger partial charge is 0.239 e. The minimum Gasteiger partial charge on any atom is -0.352 e. The third-order valence-corrected chi connectivity index (χ3v) is 3.00. The summed E-state index contributed by atoms with van der Waals surface area (Å²) < 4.78 is 0. The van der Waals surface area contributed by atoms with Gasteiger partial charge in [-0.15, -0.1) is 0 Å². The summed E-state index contributed by atoms with van der Waals surface area (Å²) >= 11 is 11.9. The van der Waals surface area contributed by atoms with Crippen LogP contribution < -0.4 is 10.6 Å². The third kappa shape index (κ3) is 5.49. The number of carbonyl (C=O) groups excluding carboxylic acids is 2. The molecule has 0 atom stereocenters. The highest BCUT2D eigenvalue weighted by molar-refractivity contribution is 6.36. The van der Waals surface area contributed by atoms with Crippen LogP contribution in [0, 0.1) is 0 Å². The number of hydrogen-bond donors (Lipinski definition) is 2. The summed E-state index contributed by atoms with van der Waals surface area (Å²) in [5.41, 5.74) is 0.563. The summed E-state index contributed by atoms with van der Waals surface area (Å²) in [6.07, 6.45) is 0.0491. The van der Waals surface area contributed by atoms with Crippen molar-refractivity contribution in [2.75, 3.05) is 6.54 Å². The molecule has 0 saturated carbocycles. The Hall–Kier alpha value is -1.26. The summed E-state index contributed by atoms with van der Waals surface area (Å²) in [5.74, 6) is -0.525. The standard InChI is InChI=1S/C13H16Cl2N2O2/c1-8(2)17-13(19)7-16-12(18)6-9-10(14)4-3-5-11(9)15/h3-5,8H,6-7H2,1-2H3,(H,16,18)(H,17,19). The van der Waals surface area contributed by atoms with Crippen molar-refractivity contribution >= 4 is 35.0 Å². The molecule has 0 aliphatic heterocycles. The summed E-state index contributed by atoms with van der Waals surface area (Å²) in [4.78, 5) is 23.1. The van der Waals surface area contributed by atoms with Gasteiger partial charge in [0.25, 0.3) is 0 Å². The van der Waals surface area contributed by atoms with Gasteiger partial charge in [0, 0.05) is 16.1 Å². The summed E-state index contributed by atoms with van der Waals surface area (Å²) in [6, 6.07) is 5.09. The van der Waals surface area contributed by atoms with Crippen molar-refractivity contribution in [3.05, 3.63) is 33.8 Å². The molecular formula is C13H16Cl2N2O2. The molecule has 0 saturated heterocycles. The van der Waals surface area contributed by atoms with Crippen molar-refractivity contribution in [1.29, 1.82) is 0 Å². The van der Waals surface area contributed by atoms with Crippen molar-refractivity contribution in [2.24, 2.45) is 0 Å².